The second-order valence-corrected chi connectivity index (χ2v) is 8.64. The fraction of sp³-hybridized carbons (Fsp3) is 0.111. The molecule has 3 N–H and O–H groups in total. The first kappa shape index (κ1) is 20.4. The summed E-state index contributed by atoms with van der Waals surface area (Å²) in [6.45, 7) is 5.04. The molecule has 1 heterocycles. The van der Waals surface area contributed by atoms with E-state index in [4.69, 9.17) is 17.4 Å². The molecule has 5 heteroatoms. The number of hydrazine groups is 1. The summed E-state index contributed by atoms with van der Waals surface area (Å²) in [7, 11) is 0. The summed E-state index contributed by atoms with van der Waals surface area (Å²) in [5.41, 5.74) is 4.79. The van der Waals surface area contributed by atoms with Gasteiger partial charge in [0.25, 0.3) is 0 Å². The first-order valence-electron chi connectivity index (χ1n) is 10.6. The van der Waals surface area contributed by atoms with Crippen molar-refractivity contribution in [2.45, 2.75) is 6.42 Å². The molecule has 0 aliphatic carbocycles. The number of benzene rings is 4. The van der Waals surface area contributed by atoms with E-state index in [1.807, 2.05) is 30.3 Å². The van der Waals surface area contributed by atoms with Crippen molar-refractivity contribution in [1.82, 2.24) is 0 Å². The molecule has 1 atom stereocenters. The molecule has 5 rings (SSSR count). The van der Waals surface area contributed by atoms with Gasteiger partial charge >= 0.3 is 0 Å². The van der Waals surface area contributed by atoms with Gasteiger partial charge in [-0.1, -0.05) is 60.6 Å². The number of phenols is 1. The third-order valence-electron chi connectivity index (χ3n) is 6.13. The normalized spacial score (nSPS) is 16.2. The molecule has 160 valence electrons. The van der Waals surface area contributed by atoms with Gasteiger partial charge in [0.05, 0.1) is 11.4 Å². The van der Waals surface area contributed by atoms with Gasteiger partial charge in [-0.2, -0.15) is 0 Å². The van der Waals surface area contributed by atoms with E-state index in [1.165, 1.54) is 16.3 Å². The Kier molecular flexibility index (Phi) is 5.25. The van der Waals surface area contributed by atoms with Gasteiger partial charge in [-0.05, 0) is 65.2 Å². The van der Waals surface area contributed by atoms with Crippen LogP contribution in [0, 0.1) is 5.92 Å². The zero-order valence-corrected chi connectivity index (χ0v) is 18.3. The van der Waals surface area contributed by atoms with Crippen molar-refractivity contribution in [3.05, 3.63) is 108 Å². The summed E-state index contributed by atoms with van der Waals surface area (Å²) in [5.74, 6) is 6.86. The van der Waals surface area contributed by atoms with E-state index in [0.29, 0.717) is 11.6 Å². The Morgan fingerprint density at radius 3 is 2.44 bits per heavy atom. The van der Waals surface area contributed by atoms with Gasteiger partial charge in [-0.3, -0.25) is 5.01 Å². The molecule has 0 saturated heterocycles. The summed E-state index contributed by atoms with van der Waals surface area (Å²) >= 11 is 6.37. The van der Waals surface area contributed by atoms with Gasteiger partial charge in [-0.25, -0.2) is 5.84 Å². The third kappa shape index (κ3) is 3.79. The van der Waals surface area contributed by atoms with Gasteiger partial charge in [0.15, 0.2) is 0 Å². The Hall–Kier alpha value is -3.47. The van der Waals surface area contributed by atoms with Crippen molar-refractivity contribution >= 4 is 39.4 Å². The molecule has 0 saturated carbocycles. The average molecular weight is 442 g/mol. The molecule has 32 heavy (non-hydrogen) atoms. The van der Waals surface area contributed by atoms with E-state index in [-0.39, 0.29) is 11.7 Å². The highest BCUT2D eigenvalue weighted by Gasteiger charge is 2.29. The van der Waals surface area contributed by atoms with Crippen LogP contribution in [0.3, 0.4) is 0 Å². The molecule has 4 aromatic carbocycles. The molecule has 4 nitrogen and oxygen atoms in total. The van der Waals surface area contributed by atoms with Gasteiger partial charge in [0.1, 0.15) is 5.75 Å². The number of hydrogen-bond donors (Lipinski definition) is 2. The van der Waals surface area contributed by atoms with Gasteiger partial charge in [0.2, 0.25) is 0 Å². The number of hydrogen-bond acceptors (Lipinski definition) is 4. The predicted molar refractivity (Wildman–Crippen MR) is 134 cm³/mol. The van der Waals surface area contributed by atoms with E-state index < -0.39 is 0 Å². The summed E-state index contributed by atoms with van der Waals surface area (Å²) in [4.78, 5) is 2.20. The zero-order valence-electron chi connectivity index (χ0n) is 17.6. The molecule has 4 aromatic rings. The van der Waals surface area contributed by atoms with E-state index in [1.54, 1.807) is 17.1 Å². The van der Waals surface area contributed by atoms with Gasteiger partial charge in [0, 0.05) is 28.9 Å². The number of nitrogens with two attached hydrogens (primary N) is 1. The number of halogens is 1. The monoisotopic (exact) mass is 441 g/mol. The van der Waals surface area contributed by atoms with E-state index in [2.05, 4.69) is 53.9 Å². The van der Waals surface area contributed by atoms with Crippen LogP contribution >= 0.6 is 11.6 Å². The molecule has 0 aromatic heterocycles. The molecule has 0 bridgehead atoms. The highest BCUT2D eigenvalue weighted by Crippen LogP contribution is 2.42. The van der Waals surface area contributed by atoms with E-state index >= 15 is 0 Å². The number of aromatic hydroxyl groups is 1. The van der Waals surface area contributed by atoms with Crippen LogP contribution in [0.1, 0.15) is 5.56 Å². The van der Waals surface area contributed by atoms with E-state index in [9.17, 15) is 5.11 Å². The smallest absolute Gasteiger partial charge is 0.115 e. The molecule has 1 aliphatic heterocycles. The first-order chi connectivity index (χ1) is 15.5. The Bertz CT molecular complexity index is 1300. The number of phenolic OH excluding ortho intramolecular Hbond substituents is 1. The molecule has 0 fully saturated rings. The minimum absolute atomic E-state index is 0.0705. The van der Waals surface area contributed by atoms with Crippen LogP contribution in [0.5, 0.6) is 5.75 Å². The number of rotatable bonds is 3. The van der Waals surface area contributed by atoms with Crippen LogP contribution in [0.25, 0.3) is 10.8 Å². The summed E-state index contributed by atoms with van der Waals surface area (Å²) in [6.07, 6.45) is 0.799. The predicted octanol–water partition coefficient (Wildman–Crippen LogP) is 6.40. The van der Waals surface area contributed by atoms with Gasteiger partial charge < -0.3 is 10.0 Å². The average Bonchev–Trinajstić information content (AvgIpc) is 2.90. The van der Waals surface area contributed by atoms with Crippen LogP contribution in [0.2, 0.25) is 5.02 Å². The minimum atomic E-state index is 0.0705. The SMILES string of the molecule is C=C1C(Cc2ccc3ccccc3c2)CN(c2ccc(O)cc2)c2cc(Cl)ccc2N1N. The molecule has 1 unspecified atom stereocenters. The molecule has 1 aliphatic rings. The topological polar surface area (TPSA) is 52.7 Å². The molecular weight excluding hydrogens is 418 g/mol. The van der Waals surface area contributed by atoms with Crippen molar-refractivity contribution in [3.63, 3.8) is 0 Å². The lowest BCUT2D eigenvalue weighted by molar-refractivity contribution is 0.475. The second-order valence-electron chi connectivity index (χ2n) is 8.20. The van der Waals surface area contributed by atoms with Crippen LogP contribution in [-0.4, -0.2) is 11.7 Å². The summed E-state index contributed by atoms with van der Waals surface area (Å²) in [5, 5.41) is 14.5. The number of anilines is 3. The largest absolute Gasteiger partial charge is 0.508 e. The lowest BCUT2D eigenvalue weighted by Gasteiger charge is -2.28. The van der Waals surface area contributed by atoms with E-state index in [0.717, 1.165) is 29.2 Å². The van der Waals surface area contributed by atoms with Crippen LogP contribution in [0.4, 0.5) is 17.1 Å². The lowest BCUT2D eigenvalue weighted by Crippen LogP contribution is -2.34. The van der Waals surface area contributed by atoms with Gasteiger partial charge in [-0.15, -0.1) is 0 Å². The standard InChI is InChI=1S/C27H24ClN3O/c1-18-22(15-19-6-7-20-4-2-3-5-21(20)14-19)17-30(24-9-11-25(32)12-10-24)27-16-23(28)8-13-26(27)31(18)29/h2-14,16,22,32H,1,15,17,29H2. The van der Waals surface area contributed by atoms with Crippen molar-refractivity contribution in [3.8, 4) is 5.75 Å². The van der Waals surface area contributed by atoms with Crippen molar-refractivity contribution in [1.29, 1.82) is 0 Å². The minimum Gasteiger partial charge on any atom is -0.508 e. The molecular formula is C27H24ClN3O. The number of nitrogens with zero attached hydrogens (tertiary/aromatic N) is 2. The highest BCUT2D eigenvalue weighted by atomic mass is 35.5. The second kappa shape index (κ2) is 8.23. The van der Waals surface area contributed by atoms with Crippen molar-refractivity contribution in [2.24, 2.45) is 11.8 Å². The Balaban J connectivity index is 1.56. The summed E-state index contributed by atoms with van der Waals surface area (Å²) in [6, 6.07) is 27.8. The molecule has 0 spiro atoms. The quantitative estimate of drug-likeness (QED) is 0.361. The fourth-order valence-corrected chi connectivity index (χ4v) is 4.57. The third-order valence-corrected chi connectivity index (χ3v) is 6.36. The van der Waals surface area contributed by atoms with Crippen LogP contribution < -0.4 is 15.8 Å². The Morgan fingerprint density at radius 1 is 0.906 bits per heavy atom. The van der Waals surface area contributed by atoms with Crippen LogP contribution in [-0.2, 0) is 6.42 Å². The van der Waals surface area contributed by atoms with Crippen molar-refractivity contribution < 1.29 is 5.11 Å². The Labute approximate surface area is 192 Å². The molecule has 0 radical (unpaired) electrons. The Morgan fingerprint density at radius 2 is 1.66 bits per heavy atom. The molecule has 0 amide bonds. The zero-order chi connectivity index (χ0) is 22.2. The summed E-state index contributed by atoms with van der Waals surface area (Å²) < 4.78 is 0. The van der Waals surface area contributed by atoms with Crippen molar-refractivity contribution in [2.75, 3.05) is 16.5 Å². The lowest BCUT2D eigenvalue weighted by atomic mass is 9.94. The maximum Gasteiger partial charge on any atom is 0.115 e. The number of fused-ring (bicyclic) bond motifs is 2. The fourth-order valence-electron chi connectivity index (χ4n) is 4.40. The maximum atomic E-state index is 9.79. The first-order valence-corrected chi connectivity index (χ1v) is 10.9. The highest BCUT2D eigenvalue weighted by molar-refractivity contribution is 6.31. The van der Waals surface area contributed by atoms with Crippen LogP contribution in [0.15, 0.2) is 97.2 Å². The maximum absolute atomic E-state index is 9.79.